The third kappa shape index (κ3) is 2.89. The van der Waals surface area contributed by atoms with E-state index in [1.807, 2.05) is 0 Å². The Kier molecular flexibility index (Phi) is 3.60. The maximum Gasteiger partial charge on any atom is 0.269 e. The van der Waals surface area contributed by atoms with E-state index < -0.39 is 0 Å². The van der Waals surface area contributed by atoms with Gasteiger partial charge in [0.25, 0.3) is 5.69 Å². The fourth-order valence-corrected chi connectivity index (χ4v) is 2.87. The minimum absolute atomic E-state index is 0.116. The van der Waals surface area contributed by atoms with Crippen LogP contribution in [-0.2, 0) is 12.8 Å². The predicted molar refractivity (Wildman–Crippen MR) is 83.6 cm³/mol. The number of nitro benzene ring substituents is 1. The summed E-state index contributed by atoms with van der Waals surface area (Å²) >= 11 is 0. The van der Waals surface area contributed by atoms with Crippen molar-refractivity contribution in [1.29, 1.82) is 0 Å². The zero-order valence-corrected chi connectivity index (χ0v) is 12.0. The van der Waals surface area contributed by atoms with Crippen molar-refractivity contribution in [3.63, 3.8) is 0 Å². The summed E-state index contributed by atoms with van der Waals surface area (Å²) in [5, 5.41) is 14.0. The molecule has 0 saturated carbocycles. The van der Waals surface area contributed by atoms with E-state index in [1.165, 1.54) is 48.1 Å². The molecule has 1 aliphatic rings. The molecule has 4 heteroatoms. The number of nitrogens with one attached hydrogen (secondary N) is 1. The highest BCUT2D eigenvalue weighted by Crippen LogP contribution is 2.27. The fourth-order valence-electron chi connectivity index (χ4n) is 2.87. The molecule has 1 unspecified atom stereocenters. The molecule has 1 aliphatic carbocycles. The molecule has 3 rings (SSSR count). The van der Waals surface area contributed by atoms with Gasteiger partial charge in [-0.1, -0.05) is 18.2 Å². The monoisotopic (exact) mass is 282 g/mol. The van der Waals surface area contributed by atoms with Crippen LogP contribution in [0.15, 0.2) is 42.5 Å². The molecule has 1 N–H and O–H groups in total. The van der Waals surface area contributed by atoms with Gasteiger partial charge < -0.3 is 5.32 Å². The second-order valence-corrected chi connectivity index (χ2v) is 5.55. The van der Waals surface area contributed by atoms with Crippen LogP contribution < -0.4 is 5.32 Å². The molecular weight excluding hydrogens is 264 g/mol. The van der Waals surface area contributed by atoms with Gasteiger partial charge >= 0.3 is 0 Å². The third-order valence-electron chi connectivity index (χ3n) is 4.08. The molecule has 0 radical (unpaired) electrons. The van der Waals surface area contributed by atoms with Crippen LogP contribution in [0, 0.1) is 10.1 Å². The Morgan fingerprint density at radius 2 is 1.81 bits per heavy atom. The highest BCUT2D eigenvalue weighted by molar-refractivity contribution is 5.50. The number of non-ortho nitro benzene ring substituents is 1. The van der Waals surface area contributed by atoms with Crippen LogP contribution in [0.5, 0.6) is 0 Å². The van der Waals surface area contributed by atoms with Crippen LogP contribution in [0.3, 0.4) is 0 Å². The van der Waals surface area contributed by atoms with Gasteiger partial charge in [-0.05, 0) is 55.0 Å². The molecule has 0 aliphatic heterocycles. The molecule has 0 heterocycles. The summed E-state index contributed by atoms with van der Waals surface area (Å²) in [6, 6.07) is 13.4. The number of fused-ring (bicyclic) bond motifs is 1. The van der Waals surface area contributed by atoms with E-state index in [9.17, 15) is 10.1 Å². The second-order valence-electron chi connectivity index (χ2n) is 5.55. The van der Waals surface area contributed by atoms with E-state index in [2.05, 4.69) is 30.4 Å². The van der Waals surface area contributed by atoms with Crippen LogP contribution in [0.1, 0.15) is 36.1 Å². The Morgan fingerprint density at radius 1 is 1.10 bits per heavy atom. The van der Waals surface area contributed by atoms with Gasteiger partial charge in [-0.2, -0.15) is 0 Å². The van der Waals surface area contributed by atoms with Gasteiger partial charge in [0, 0.05) is 23.9 Å². The number of rotatable bonds is 4. The number of anilines is 1. The topological polar surface area (TPSA) is 55.2 Å². The van der Waals surface area contributed by atoms with Gasteiger partial charge in [0.05, 0.1) is 4.92 Å². The molecule has 1 atom stereocenters. The average molecular weight is 282 g/mol. The third-order valence-corrected chi connectivity index (χ3v) is 4.08. The maximum atomic E-state index is 10.6. The van der Waals surface area contributed by atoms with Gasteiger partial charge in [-0.3, -0.25) is 10.1 Å². The first-order valence-electron chi connectivity index (χ1n) is 7.26. The van der Waals surface area contributed by atoms with E-state index in [0.717, 1.165) is 5.69 Å². The molecule has 108 valence electrons. The lowest BCUT2D eigenvalue weighted by molar-refractivity contribution is -0.384. The fraction of sp³-hybridized carbons (Fsp3) is 0.294. The summed E-state index contributed by atoms with van der Waals surface area (Å²) in [6.07, 6.45) is 3.62. The SMILES string of the molecule is CC(Nc1ccc([N+](=O)[O-])cc1)c1ccc2c(c1)CCC2. The Hall–Kier alpha value is -2.36. The zero-order valence-electron chi connectivity index (χ0n) is 12.0. The Balaban J connectivity index is 1.73. The molecule has 21 heavy (non-hydrogen) atoms. The standard InChI is InChI=1S/C17H18N2O2/c1-12(14-6-5-13-3-2-4-15(13)11-14)18-16-7-9-17(10-8-16)19(20)21/h5-12,18H,2-4H2,1H3. The molecule has 4 nitrogen and oxygen atoms in total. The number of nitrogens with zero attached hydrogens (tertiary/aromatic N) is 1. The first-order valence-corrected chi connectivity index (χ1v) is 7.26. The van der Waals surface area contributed by atoms with Crippen molar-refractivity contribution < 1.29 is 4.92 Å². The molecule has 0 fully saturated rings. The van der Waals surface area contributed by atoms with E-state index in [-0.39, 0.29) is 16.7 Å². The van der Waals surface area contributed by atoms with Gasteiger partial charge in [0.1, 0.15) is 0 Å². The highest BCUT2D eigenvalue weighted by atomic mass is 16.6. The quantitative estimate of drug-likeness (QED) is 0.673. The number of hydrogen-bond donors (Lipinski definition) is 1. The van der Waals surface area contributed by atoms with Crippen molar-refractivity contribution in [3.8, 4) is 0 Å². The minimum Gasteiger partial charge on any atom is -0.379 e. The largest absolute Gasteiger partial charge is 0.379 e. The number of nitro groups is 1. The van der Waals surface area contributed by atoms with Crippen molar-refractivity contribution >= 4 is 11.4 Å². The van der Waals surface area contributed by atoms with E-state index in [0.29, 0.717) is 0 Å². The first-order chi connectivity index (χ1) is 10.1. The number of aryl methyl sites for hydroxylation is 2. The summed E-state index contributed by atoms with van der Waals surface area (Å²) in [6.45, 7) is 2.11. The van der Waals surface area contributed by atoms with Crippen LogP contribution in [0.25, 0.3) is 0 Å². The summed E-state index contributed by atoms with van der Waals surface area (Å²) in [7, 11) is 0. The van der Waals surface area contributed by atoms with Crippen LogP contribution in [0.2, 0.25) is 0 Å². The van der Waals surface area contributed by atoms with Crippen molar-refractivity contribution in [3.05, 3.63) is 69.3 Å². The molecule has 0 amide bonds. The lowest BCUT2D eigenvalue weighted by atomic mass is 10.0. The molecule has 0 spiro atoms. The number of benzene rings is 2. The van der Waals surface area contributed by atoms with Crippen LogP contribution in [-0.4, -0.2) is 4.92 Å². The maximum absolute atomic E-state index is 10.6. The zero-order chi connectivity index (χ0) is 14.8. The summed E-state index contributed by atoms with van der Waals surface area (Å²) in [5.41, 5.74) is 5.21. The van der Waals surface area contributed by atoms with E-state index in [1.54, 1.807) is 12.1 Å². The molecular formula is C17H18N2O2. The molecule has 2 aromatic rings. The predicted octanol–water partition coefficient (Wildman–Crippen LogP) is 4.26. The Labute approximate surface area is 124 Å². The van der Waals surface area contributed by atoms with Crippen molar-refractivity contribution in [2.24, 2.45) is 0 Å². The second kappa shape index (κ2) is 5.56. The van der Waals surface area contributed by atoms with Gasteiger partial charge in [-0.25, -0.2) is 0 Å². The molecule has 0 bridgehead atoms. The van der Waals surface area contributed by atoms with Crippen LogP contribution >= 0.6 is 0 Å². The van der Waals surface area contributed by atoms with E-state index in [4.69, 9.17) is 0 Å². The Bertz CT molecular complexity index is 665. The van der Waals surface area contributed by atoms with E-state index >= 15 is 0 Å². The van der Waals surface area contributed by atoms with Crippen molar-refractivity contribution in [2.75, 3.05) is 5.32 Å². The molecule has 0 aromatic heterocycles. The number of hydrogen-bond acceptors (Lipinski definition) is 3. The summed E-state index contributed by atoms with van der Waals surface area (Å²) < 4.78 is 0. The normalized spacial score (nSPS) is 14.5. The molecule has 0 saturated heterocycles. The minimum atomic E-state index is -0.381. The summed E-state index contributed by atoms with van der Waals surface area (Å²) in [4.78, 5) is 10.3. The smallest absolute Gasteiger partial charge is 0.269 e. The van der Waals surface area contributed by atoms with Crippen LogP contribution in [0.4, 0.5) is 11.4 Å². The van der Waals surface area contributed by atoms with Crippen molar-refractivity contribution in [2.45, 2.75) is 32.2 Å². The van der Waals surface area contributed by atoms with Crippen molar-refractivity contribution in [1.82, 2.24) is 0 Å². The lowest BCUT2D eigenvalue weighted by Gasteiger charge is -2.16. The van der Waals surface area contributed by atoms with Gasteiger partial charge in [-0.15, -0.1) is 0 Å². The average Bonchev–Trinajstić information content (AvgIpc) is 2.95. The first kappa shape index (κ1) is 13.6. The molecule has 2 aromatic carbocycles. The Morgan fingerprint density at radius 3 is 2.52 bits per heavy atom. The summed E-state index contributed by atoms with van der Waals surface area (Å²) in [5.74, 6) is 0. The van der Waals surface area contributed by atoms with Gasteiger partial charge in [0.2, 0.25) is 0 Å². The van der Waals surface area contributed by atoms with Gasteiger partial charge in [0.15, 0.2) is 0 Å². The highest BCUT2D eigenvalue weighted by Gasteiger charge is 2.13. The lowest BCUT2D eigenvalue weighted by Crippen LogP contribution is -2.07.